The number of imidazole rings is 1. The summed E-state index contributed by atoms with van der Waals surface area (Å²) in [4.78, 5) is 30.5. The third kappa shape index (κ3) is 5.60. The summed E-state index contributed by atoms with van der Waals surface area (Å²) >= 11 is 1.49. The second kappa shape index (κ2) is 11.3. The summed E-state index contributed by atoms with van der Waals surface area (Å²) in [6.45, 7) is 3.08. The molecule has 0 saturated carbocycles. The van der Waals surface area contributed by atoms with Crippen molar-refractivity contribution >= 4 is 22.2 Å². The number of benzene rings is 2. The Labute approximate surface area is 223 Å². The molecule has 0 saturated heterocycles. The van der Waals surface area contributed by atoms with Crippen LogP contribution < -0.4 is 20.3 Å². The van der Waals surface area contributed by atoms with Gasteiger partial charge in [0.2, 0.25) is 5.91 Å². The van der Waals surface area contributed by atoms with E-state index in [1.54, 1.807) is 13.2 Å². The van der Waals surface area contributed by atoms with E-state index >= 15 is 0 Å². The number of nitrogens with one attached hydrogen (secondary N) is 1. The first-order valence-electron chi connectivity index (χ1n) is 12.2. The zero-order valence-electron chi connectivity index (χ0n) is 21.1. The fourth-order valence-electron chi connectivity index (χ4n) is 4.04. The van der Waals surface area contributed by atoms with Crippen LogP contribution in [0.25, 0.3) is 27.5 Å². The maximum absolute atomic E-state index is 12.7. The third-order valence-electron chi connectivity index (χ3n) is 5.98. The van der Waals surface area contributed by atoms with Crippen LogP contribution in [0, 0.1) is 0 Å². The molecule has 194 valence electrons. The number of aromatic nitrogens is 4. The number of carbonyl (C=O) groups is 1. The molecule has 2 aromatic carbocycles. The van der Waals surface area contributed by atoms with Crippen LogP contribution >= 0.6 is 11.3 Å². The van der Waals surface area contributed by atoms with Crippen LogP contribution in [0.1, 0.15) is 12.6 Å². The number of fused-ring (bicyclic) bond motifs is 1. The summed E-state index contributed by atoms with van der Waals surface area (Å²) in [5.41, 5.74) is 3.98. The lowest BCUT2D eigenvalue weighted by Crippen LogP contribution is -2.32. The quantitative estimate of drug-likeness (QED) is 0.293. The highest BCUT2D eigenvalue weighted by Gasteiger charge is 2.13. The minimum atomic E-state index is -0.224. The van der Waals surface area contributed by atoms with E-state index < -0.39 is 0 Å². The van der Waals surface area contributed by atoms with Gasteiger partial charge >= 0.3 is 0 Å². The first kappa shape index (κ1) is 25.2. The molecule has 0 aliphatic rings. The fourth-order valence-corrected chi connectivity index (χ4v) is 4.91. The van der Waals surface area contributed by atoms with Crippen molar-refractivity contribution in [1.29, 1.82) is 0 Å². The number of hydrogen-bond acceptors (Lipinski definition) is 7. The molecule has 10 heteroatoms. The van der Waals surface area contributed by atoms with Gasteiger partial charge in [0, 0.05) is 41.0 Å². The fraction of sp³-hybridized carbons (Fsp3) is 0.214. The van der Waals surface area contributed by atoms with Gasteiger partial charge in [-0.3, -0.25) is 14.0 Å². The number of methoxy groups -OCH3 is 1. The van der Waals surface area contributed by atoms with E-state index in [0.29, 0.717) is 12.3 Å². The normalized spacial score (nSPS) is 11.0. The van der Waals surface area contributed by atoms with E-state index in [-0.39, 0.29) is 31.0 Å². The number of amides is 1. The van der Waals surface area contributed by atoms with Crippen molar-refractivity contribution in [3.05, 3.63) is 88.3 Å². The smallest absolute Gasteiger partial charge is 0.266 e. The Hall–Kier alpha value is -4.44. The molecule has 0 aliphatic carbocycles. The van der Waals surface area contributed by atoms with Gasteiger partial charge in [-0.05, 0) is 61.5 Å². The topological polar surface area (TPSA) is 99.8 Å². The molecule has 0 unspecified atom stereocenters. The number of hydrogen-bond donors (Lipinski definition) is 1. The highest BCUT2D eigenvalue weighted by atomic mass is 32.1. The molecule has 3 heterocycles. The summed E-state index contributed by atoms with van der Waals surface area (Å²) in [5.74, 6) is 1.43. The molecule has 5 rings (SSSR count). The molecule has 1 amide bonds. The van der Waals surface area contributed by atoms with E-state index in [4.69, 9.17) is 9.47 Å². The van der Waals surface area contributed by atoms with E-state index in [1.807, 2.05) is 71.4 Å². The SMILES string of the molecule is CCOc1ccc(-c2ccc(=O)n(CCNC(=O)Cc3csc4nc(-c5ccc(OC)cc5)cn34)n2)cc1. The predicted molar refractivity (Wildman–Crippen MR) is 147 cm³/mol. The molecule has 0 spiro atoms. The van der Waals surface area contributed by atoms with Crippen LogP contribution in [0.5, 0.6) is 11.5 Å². The van der Waals surface area contributed by atoms with E-state index in [1.165, 1.54) is 22.1 Å². The molecule has 9 nitrogen and oxygen atoms in total. The van der Waals surface area contributed by atoms with E-state index in [0.717, 1.165) is 39.0 Å². The lowest BCUT2D eigenvalue weighted by atomic mass is 10.1. The standard InChI is InChI=1S/C28H27N5O4S/c1-3-37-23-10-6-19(7-11-23)24-12-13-27(35)33(31-24)15-14-29-26(34)16-21-18-38-28-30-25(17-32(21)28)20-4-8-22(36-2)9-5-20/h4-13,17-18H,3,14-16H2,1-2H3,(H,29,34). The average molecular weight is 530 g/mol. The Kier molecular flexibility index (Phi) is 7.50. The highest BCUT2D eigenvalue weighted by molar-refractivity contribution is 7.15. The van der Waals surface area contributed by atoms with Crippen molar-refractivity contribution in [2.75, 3.05) is 20.3 Å². The van der Waals surface area contributed by atoms with Crippen LogP contribution in [0.4, 0.5) is 0 Å². The molecule has 0 fully saturated rings. The molecule has 0 bridgehead atoms. The van der Waals surface area contributed by atoms with Crippen molar-refractivity contribution in [2.24, 2.45) is 0 Å². The third-order valence-corrected chi connectivity index (χ3v) is 6.87. The van der Waals surface area contributed by atoms with Gasteiger partial charge < -0.3 is 14.8 Å². The number of ether oxygens (including phenoxy) is 2. The van der Waals surface area contributed by atoms with Crippen molar-refractivity contribution in [3.63, 3.8) is 0 Å². The summed E-state index contributed by atoms with van der Waals surface area (Å²) in [7, 11) is 1.63. The minimum absolute atomic E-state index is 0.139. The van der Waals surface area contributed by atoms with Gasteiger partial charge in [-0.15, -0.1) is 11.3 Å². The van der Waals surface area contributed by atoms with Gasteiger partial charge in [-0.1, -0.05) is 0 Å². The van der Waals surface area contributed by atoms with Gasteiger partial charge in [0.25, 0.3) is 5.56 Å². The van der Waals surface area contributed by atoms with Gasteiger partial charge in [0.15, 0.2) is 4.96 Å². The van der Waals surface area contributed by atoms with Gasteiger partial charge in [0.05, 0.1) is 38.1 Å². The molecule has 0 aliphatic heterocycles. The Morgan fingerprint density at radius 1 is 0.974 bits per heavy atom. The average Bonchev–Trinajstić information content (AvgIpc) is 3.52. The summed E-state index contributed by atoms with van der Waals surface area (Å²) in [6.07, 6.45) is 2.14. The number of rotatable bonds is 10. The predicted octanol–water partition coefficient (Wildman–Crippen LogP) is 4.05. The molecule has 1 N–H and O–H groups in total. The van der Waals surface area contributed by atoms with Gasteiger partial charge in [0.1, 0.15) is 11.5 Å². The van der Waals surface area contributed by atoms with Gasteiger partial charge in [-0.2, -0.15) is 5.10 Å². The number of thiazole rings is 1. The lowest BCUT2D eigenvalue weighted by molar-refractivity contribution is -0.120. The van der Waals surface area contributed by atoms with Crippen LogP contribution in [0.2, 0.25) is 0 Å². The molecular formula is C28H27N5O4S. The second-order valence-corrected chi connectivity index (χ2v) is 9.33. The molecule has 0 atom stereocenters. The first-order chi connectivity index (χ1) is 18.5. The summed E-state index contributed by atoms with van der Waals surface area (Å²) < 4.78 is 14.0. The van der Waals surface area contributed by atoms with Crippen LogP contribution in [-0.2, 0) is 17.8 Å². The maximum Gasteiger partial charge on any atom is 0.266 e. The Morgan fingerprint density at radius 2 is 1.68 bits per heavy atom. The molecule has 5 aromatic rings. The van der Waals surface area contributed by atoms with E-state index in [9.17, 15) is 9.59 Å². The summed E-state index contributed by atoms with van der Waals surface area (Å²) in [6, 6.07) is 18.4. The van der Waals surface area contributed by atoms with Crippen LogP contribution in [0.15, 0.2) is 77.0 Å². The van der Waals surface area contributed by atoms with Gasteiger partial charge in [-0.25, -0.2) is 9.67 Å². The zero-order chi connectivity index (χ0) is 26.5. The molecular weight excluding hydrogens is 502 g/mol. The van der Waals surface area contributed by atoms with Crippen LogP contribution in [-0.4, -0.2) is 45.3 Å². The van der Waals surface area contributed by atoms with Crippen molar-refractivity contribution in [2.45, 2.75) is 19.9 Å². The zero-order valence-corrected chi connectivity index (χ0v) is 21.9. The Morgan fingerprint density at radius 3 is 2.39 bits per heavy atom. The number of carbonyl (C=O) groups excluding carboxylic acids is 1. The van der Waals surface area contributed by atoms with Crippen molar-refractivity contribution < 1.29 is 14.3 Å². The Bertz CT molecular complexity index is 1600. The highest BCUT2D eigenvalue weighted by Crippen LogP contribution is 2.25. The van der Waals surface area contributed by atoms with Crippen LogP contribution in [0.3, 0.4) is 0 Å². The van der Waals surface area contributed by atoms with E-state index in [2.05, 4.69) is 15.4 Å². The molecule has 0 radical (unpaired) electrons. The van der Waals surface area contributed by atoms with Crippen molar-refractivity contribution in [1.82, 2.24) is 24.5 Å². The minimum Gasteiger partial charge on any atom is -0.497 e. The van der Waals surface area contributed by atoms with Crippen molar-refractivity contribution in [3.8, 4) is 34.0 Å². The maximum atomic E-state index is 12.7. The second-order valence-electron chi connectivity index (χ2n) is 8.50. The summed E-state index contributed by atoms with van der Waals surface area (Å²) in [5, 5.41) is 9.30. The monoisotopic (exact) mass is 529 g/mol. The lowest BCUT2D eigenvalue weighted by Gasteiger charge is -2.09. The largest absolute Gasteiger partial charge is 0.497 e. The first-order valence-corrected chi connectivity index (χ1v) is 13.1. The number of nitrogens with zero attached hydrogens (tertiary/aromatic N) is 4. The molecule has 3 aromatic heterocycles. The molecule has 38 heavy (non-hydrogen) atoms. The Balaban J connectivity index is 1.20.